The summed E-state index contributed by atoms with van der Waals surface area (Å²) in [5.41, 5.74) is 5.50. The maximum atomic E-state index is 5.47. The zero-order valence-electron chi connectivity index (χ0n) is 7.24. The summed E-state index contributed by atoms with van der Waals surface area (Å²) in [5, 5.41) is 0. The Balaban J connectivity index is 2.48. The Morgan fingerprint density at radius 3 is 2.75 bits per heavy atom. The molecule has 68 valence electrons. The summed E-state index contributed by atoms with van der Waals surface area (Å²) in [4.78, 5) is 4.45. The van der Waals surface area contributed by atoms with Crippen molar-refractivity contribution in [1.29, 1.82) is 0 Å². The Bertz CT molecular complexity index is 175. The molecule has 0 saturated carbocycles. The zero-order valence-corrected chi connectivity index (χ0v) is 8.13. The highest BCUT2D eigenvalue weighted by atomic mass is 32.1. The van der Waals surface area contributed by atoms with Crippen LogP contribution < -0.4 is 5.73 Å². The average Bonchev–Trinajstić information content (AvgIpc) is 2.51. The minimum Gasteiger partial charge on any atom is -0.330 e. The number of nitrogens with zero attached hydrogens (tertiary/aromatic N) is 1. The van der Waals surface area contributed by atoms with Crippen LogP contribution in [-0.2, 0) is 0 Å². The van der Waals surface area contributed by atoms with Crippen LogP contribution in [0.4, 0.5) is 0 Å². The van der Waals surface area contributed by atoms with Crippen LogP contribution in [-0.4, -0.2) is 24.1 Å². The van der Waals surface area contributed by atoms with E-state index < -0.39 is 0 Å². The van der Waals surface area contributed by atoms with Crippen molar-refractivity contribution in [1.82, 2.24) is 0 Å². The van der Waals surface area contributed by atoms with Gasteiger partial charge in [0.05, 0.1) is 5.54 Å². The molecular weight excluding hydrogens is 168 g/mol. The van der Waals surface area contributed by atoms with Gasteiger partial charge in [-0.05, 0) is 37.6 Å². The van der Waals surface area contributed by atoms with Crippen molar-refractivity contribution in [3.8, 4) is 0 Å². The van der Waals surface area contributed by atoms with Crippen LogP contribution in [0.5, 0.6) is 0 Å². The van der Waals surface area contributed by atoms with E-state index in [1.807, 2.05) is 12.3 Å². The largest absolute Gasteiger partial charge is 0.330 e. The number of allylic oxidation sites excluding steroid dienone is 1. The number of rotatable bonds is 5. The highest BCUT2D eigenvalue weighted by Gasteiger charge is 2.25. The van der Waals surface area contributed by atoms with Crippen LogP contribution in [0.2, 0.25) is 0 Å². The summed E-state index contributed by atoms with van der Waals surface area (Å²) in [5.74, 6) is 0.881. The van der Waals surface area contributed by atoms with Gasteiger partial charge >= 0.3 is 0 Å². The van der Waals surface area contributed by atoms with Crippen molar-refractivity contribution in [3.05, 3.63) is 12.2 Å². The number of thiol groups is 1. The molecule has 1 rings (SSSR count). The normalized spacial score (nSPS) is 26.8. The van der Waals surface area contributed by atoms with Gasteiger partial charge in [0.1, 0.15) is 0 Å². The predicted octanol–water partition coefficient (Wildman–Crippen LogP) is 1.42. The smallest absolute Gasteiger partial charge is 0.0799 e. The molecule has 0 aromatic rings. The first-order valence-corrected chi connectivity index (χ1v) is 5.00. The number of hydrogen-bond acceptors (Lipinski definition) is 3. The Morgan fingerprint density at radius 1 is 1.42 bits per heavy atom. The average molecular weight is 184 g/mol. The molecule has 0 saturated heterocycles. The van der Waals surface area contributed by atoms with E-state index in [1.165, 1.54) is 0 Å². The molecule has 0 aliphatic carbocycles. The number of hydrogen-bond donors (Lipinski definition) is 2. The first-order chi connectivity index (χ1) is 5.83. The van der Waals surface area contributed by atoms with Gasteiger partial charge in [0, 0.05) is 6.21 Å². The maximum absolute atomic E-state index is 5.47. The van der Waals surface area contributed by atoms with Gasteiger partial charge in [0.15, 0.2) is 0 Å². The van der Waals surface area contributed by atoms with Crippen molar-refractivity contribution in [2.75, 3.05) is 12.3 Å². The second-order valence-corrected chi connectivity index (χ2v) is 3.55. The van der Waals surface area contributed by atoms with Gasteiger partial charge < -0.3 is 5.73 Å². The molecule has 2 N–H and O–H groups in total. The minimum absolute atomic E-state index is 0.0289. The third-order valence-corrected chi connectivity index (χ3v) is 2.41. The second kappa shape index (κ2) is 4.67. The van der Waals surface area contributed by atoms with Gasteiger partial charge in [-0.15, -0.1) is 0 Å². The lowest BCUT2D eigenvalue weighted by molar-refractivity contribution is 0.472. The summed E-state index contributed by atoms with van der Waals surface area (Å²) >= 11 is 4.23. The maximum Gasteiger partial charge on any atom is 0.0799 e. The molecule has 0 aromatic carbocycles. The summed E-state index contributed by atoms with van der Waals surface area (Å²) in [7, 11) is 0. The van der Waals surface area contributed by atoms with Crippen LogP contribution in [0.25, 0.3) is 0 Å². The molecule has 1 aliphatic rings. The van der Waals surface area contributed by atoms with Crippen molar-refractivity contribution in [2.24, 2.45) is 10.7 Å². The first-order valence-electron chi connectivity index (χ1n) is 4.37. The van der Waals surface area contributed by atoms with E-state index in [4.69, 9.17) is 5.73 Å². The Morgan fingerprint density at radius 2 is 2.25 bits per heavy atom. The molecule has 2 nitrogen and oxygen atoms in total. The summed E-state index contributed by atoms with van der Waals surface area (Å²) in [6, 6.07) is 0. The monoisotopic (exact) mass is 184 g/mol. The van der Waals surface area contributed by atoms with Crippen molar-refractivity contribution >= 4 is 18.8 Å². The number of nitrogens with two attached hydrogens (primary N) is 1. The Kier molecular flexibility index (Phi) is 3.82. The molecule has 0 amide bonds. The minimum atomic E-state index is 0.0289. The van der Waals surface area contributed by atoms with Gasteiger partial charge in [0.25, 0.3) is 0 Å². The molecule has 1 atom stereocenters. The molecule has 3 heteroatoms. The standard InChI is InChI=1S/C9H16N2S/c10-6-1-3-9(5-8-12)4-2-7-11-9/h2,4,7,12H,1,3,5-6,8,10H2. The van der Waals surface area contributed by atoms with Gasteiger partial charge in [0.2, 0.25) is 0 Å². The van der Waals surface area contributed by atoms with Crippen LogP contribution in [0.3, 0.4) is 0 Å². The highest BCUT2D eigenvalue weighted by molar-refractivity contribution is 7.80. The summed E-state index contributed by atoms with van der Waals surface area (Å²) < 4.78 is 0. The van der Waals surface area contributed by atoms with Crippen LogP contribution in [0.1, 0.15) is 19.3 Å². The van der Waals surface area contributed by atoms with Gasteiger partial charge in [-0.25, -0.2) is 0 Å². The molecular formula is C9H16N2S. The van der Waals surface area contributed by atoms with Crippen molar-refractivity contribution in [3.63, 3.8) is 0 Å². The second-order valence-electron chi connectivity index (χ2n) is 3.11. The van der Waals surface area contributed by atoms with E-state index in [0.29, 0.717) is 0 Å². The van der Waals surface area contributed by atoms with Gasteiger partial charge in [-0.2, -0.15) is 12.6 Å². The SMILES string of the molecule is NCCCC1(CCS)C=CC=N1. The highest BCUT2D eigenvalue weighted by Crippen LogP contribution is 2.27. The summed E-state index contributed by atoms with van der Waals surface area (Å²) in [6.45, 7) is 0.748. The lowest BCUT2D eigenvalue weighted by atomic mass is 9.92. The fraction of sp³-hybridized carbons (Fsp3) is 0.667. The van der Waals surface area contributed by atoms with Crippen LogP contribution in [0.15, 0.2) is 17.1 Å². The van der Waals surface area contributed by atoms with E-state index in [2.05, 4.69) is 23.7 Å². The third kappa shape index (κ3) is 2.35. The van der Waals surface area contributed by atoms with E-state index in [1.54, 1.807) is 0 Å². The molecule has 12 heavy (non-hydrogen) atoms. The number of aliphatic imine (C=N–C) groups is 1. The van der Waals surface area contributed by atoms with Gasteiger partial charge in [-0.1, -0.05) is 6.08 Å². The molecule has 0 fully saturated rings. The Hall–Kier alpha value is -0.280. The van der Waals surface area contributed by atoms with Crippen molar-refractivity contribution < 1.29 is 0 Å². The molecule has 0 bridgehead atoms. The zero-order chi connectivity index (χ0) is 8.86. The fourth-order valence-electron chi connectivity index (χ4n) is 1.48. The molecule has 1 aliphatic heterocycles. The van der Waals surface area contributed by atoms with Crippen LogP contribution in [0, 0.1) is 0 Å². The predicted molar refractivity (Wildman–Crippen MR) is 57.1 cm³/mol. The molecule has 1 heterocycles. The fourth-order valence-corrected chi connectivity index (χ4v) is 1.87. The molecule has 0 radical (unpaired) electrons. The lowest BCUT2D eigenvalue weighted by Gasteiger charge is -2.22. The topological polar surface area (TPSA) is 38.4 Å². The van der Waals surface area contributed by atoms with Gasteiger partial charge in [-0.3, -0.25) is 4.99 Å². The molecule has 1 unspecified atom stereocenters. The molecule has 0 aromatic heterocycles. The summed E-state index contributed by atoms with van der Waals surface area (Å²) in [6.07, 6.45) is 9.16. The van der Waals surface area contributed by atoms with Crippen LogP contribution >= 0.6 is 12.6 Å². The van der Waals surface area contributed by atoms with E-state index in [0.717, 1.165) is 31.6 Å². The van der Waals surface area contributed by atoms with E-state index in [9.17, 15) is 0 Å². The lowest BCUT2D eigenvalue weighted by Crippen LogP contribution is -2.23. The van der Waals surface area contributed by atoms with Crippen molar-refractivity contribution in [2.45, 2.75) is 24.8 Å². The third-order valence-electron chi connectivity index (χ3n) is 2.18. The van der Waals surface area contributed by atoms with E-state index in [-0.39, 0.29) is 5.54 Å². The Labute approximate surface area is 79.4 Å². The quantitative estimate of drug-likeness (QED) is 0.623. The molecule has 0 spiro atoms. The first kappa shape index (κ1) is 9.81. The van der Waals surface area contributed by atoms with E-state index >= 15 is 0 Å².